The molecule has 8 heteroatoms. The zero-order valence-electron chi connectivity index (χ0n) is 16.1. The first-order chi connectivity index (χ1) is 15.1. The molecule has 5 rings (SSSR count). The van der Waals surface area contributed by atoms with Gasteiger partial charge >= 0.3 is 0 Å². The normalized spacial score (nSPS) is 11.0. The van der Waals surface area contributed by atoms with Crippen molar-refractivity contribution in [2.24, 2.45) is 0 Å². The van der Waals surface area contributed by atoms with Crippen molar-refractivity contribution >= 4 is 33.7 Å². The Morgan fingerprint density at radius 3 is 2.87 bits per heavy atom. The molecule has 152 valence electrons. The number of H-pyrrole nitrogens is 2. The Hall–Kier alpha value is -4.46. The summed E-state index contributed by atoms with van der Waals surface area (Å²) >= 11 is 0. The van der Waals surface area contributed by atoms with E-state index in [1.54, 1.807) is 30.3 Å². The van der Waals surface area contributed by atoms with Gasteiger partial charge < -0.3 is 20.0 Å². The first kappa shape index (κ1) is 18.6. The van der Waals surface area contributed by atoms with E-state index < -0.39 is 0 Å². The Kier molecular flexibility index (Phi) is 4.44. The minimum Gasteiger partial charge on any atom is -0.437 e. The van der Waals surface area contributed by atoms with Crippen LogP contribution in [0.1, 0.15) is 0 Å². The molecular weight excluding hydrogens is 397 g/mol. The predicted molar refractivity (Wildman–Crippen MR) is 116 cm³/mol. The molecule has 0 unspecified atom stereocenters. The molecule has 0 atom stereocenters. The number of hydrogen-bond acceptors (Lipinski definition) is 4. The number of fused-ring (bicyclic) bond motifs is 2. The van der Waals surface area contributed by atoms with Crippen molar-refractivity contribution in [3.05, 3.63) is 79.5 Å². The second-order valence-electron chi connectivity index (χ2n) is 6.82. The van der Waals surface area contributed by atoms with Crippen LogP contribution in [0.25, 0.3) is 33.2 Å². The van der Waals surface area contributed by atoms with E-state index in [1.807, 2.05) is 12.4 Å². The van der Waals surface area contributed by atoms with Gasteiger partial charge in [-0.15, -0.1) is 0 Å². The van der Waals surface area contributed by atoms with Gasteiger partial charge in [-0.1, -0.05) is 12.6 Å². The lowest BCUT2D eigenvalue weighted by Gasteiger charge is -2.07. The van der Waals surface area contributed by atoms with Gasteiger partial charge in [0.15, 0.2) is 5.65 Å². The van der Waals surface area contributed by atoms with E-state index in [0.29, 0.717) is 34.0 Å². The molecule has 0 spiro atoms. The fourth-order valence-corrected chi connectivity index (χ4v) is 3.40. The molecule has 0 aliphatic heterocycles. The quantitative estimate of drug-likeness (QED) is 0.347. The van der Waals surface area contributed by atoms with Crippen LogP contribution in [0.3, 0.4) is 0 Å². The molecule has 0 saturated heterocycles. The number of carbonyl (C=O) groups is 1. The minimum atomic E-state index is -0.311. The summed E-state index contributed by atoms with van der Waals surface area (Å²) < 4.78 is 19.4. The number of aromatic nitrogens is 4. The third-order valence-electron chi connectivity index (χ3n) is 4.80. The van der Waals surface area contributed by atoms with Gasteiger partial charge in [0.25, 0.3) is 0 Å². The second kappa shape index (κ2) is 7.42. The molecule has 7 nitrogen and oxygen atoms in total. The highest BCUT2D eigenvalue weighted by molar-refractivity contribution is 6.02. The van der Waals surface area contributed by atoms with Gasteiger partial charge in [0.05, 0.1) is 6.20 Å². The molecule has 3 N–H and O–H groups in total. The number of anilines is 1. The van der Waals surface area contributed by atoms with Gasteiger partial charge in [0, 0.05) is 46.2 Å². The molecule has 0 saturated carbocycles. The lowest BCUT2D eigenvalue weighted by Crippen LogP contribution is -2.07. The monoisotopic (exact) mass is 413 g/mol. The van der Waals surface area contributed by atoms with E-state index >= 15 is 0 Å². The van der Waals surface area contributed by atoms with Gasteiger partial charge in [-0.05, 0) is 36.4 Å². The van der Waals surface area contributed by atoms with Crippen LogP contribution in [-0.4, -0.2) is 25.8 Å². The Morgan fingerprint density at radius 2 is 2.00 bits per heavy atom. The van der Waals surface area contributed by atoms with Crippen LogP contribution in [0.2, 0.25) is 0 Å². The Balaban J connectivity index is 1.50. The fourth-order valence-electron chi connectivity index (χ4n) is 3.40. The minimum absolute atomic E-state index is 0.298. The molecule has 1 amide bonds. The van der Waals surface area contributed by atoms with Crippen molar-refractivity contribution in [2.45, 2.75) is 0 Å². The molecule has 0 fully saturated rings. The smallest absolute Gasteiger partial charge is 0.247 e. The Bertz CT molecular complexity index is 1450. The van der Waals surface area contributed by atoms with Gasteiger partial charge in [0.1, 0.15) is 17.1 Å². The highest BCUT2D eigenvalue weighted by atomic mass is 19.1. The molecular formula is C23H16FN5O2. The Labute approximate surface area is 175 Å². The number of ether oxygens (including phenoxy) is 1. The first-order valence-corrected chi connectivity index (χ1v) is 9.43. The van der Waals surface area contributed by atoms with Crippen molar-refractivity contribution in [1.29, 1.82) is 0 Å². The van der Waals surface area contributed by atoms with Crippen LogP contribution in [-0.2, 0) is 4.79 Å². The van der Waals surface area contributed by atoms with Crippen molar-refractivity contribution in [1.82, 2.24) is 19.9 Å². The zero-order chi connectivity index (χ0) is 21.4. The van der Waals surface area contributed by atoms with E-state index in [1.165, 1.54) is 24.4 Å². The summed E-state index contributed by atoms with van der Waals surface area (Å²) in [6, 6.07) is 11.5. The van der Waals surface area contributed by atoms with Gasteiger partial charge in [-0.3, -0.25) is 4.79 Å². The number of halogens is 1. The molecule has 3 aromatic heterocycles. The van der Waals surface area contributed by atoms with Gasteiger partial charge in [0.2, 0.25) is 11.8 Å². The van der Waals surface area contributed by atoms with Crippen LogP contribution >= 0.6 is 0 Å². The molecule has 5 aromatic rings. The van der Waals surface area contributed by atoms with E-state index in [9.17, 15) is 9.18 Å². The van der Waals surface area contributed by atoms with Crippen LogP contribution < -0.4 is 10.1 Å². The number of nitrogens with zero attached hydrogens (tertiary/aromatic N) is 2. The topological polar surface area (TPSA) is 95.7 Å². The summed E-state index contributed by atoms with van der Waals surface area (Å²) in [5, 5.41) is 3.56. The number of amides is 1. The van der Waals surface area contributed by atoms with Crippen molar-refractivity contribution in [3.8, 4) is 22.8 Å². The van der Waals surface area contributed by atoms with E-state index in [4.69, 9.17) is 4.74 Å². The summed E-state index contributed by atoms with van der Waals surface area (Å²) in [6.07, 6.45) is 6.33. The number of aromatic amines is 2. The van der Waals surface area contributed by atoms with Gasteiger partial charge in [-0.25, -0.2) is 14.4 Å². The SMILES string of the molecule is C=CC(=O)Nc1cccc(Oc2cnc3[nH]cc(-c4c[nH]c5cc(F)ccc45)c3n2)c1. The fraction of sp³-hybridized carbons (Fsp3) is 0. The predicted octanol–water partition coefficient (Wildman–Crippen LogP) is 5.16. The molecule has 3 heterocycles. The third kappa shape index (κ3) is 3.51. The number of rotatable bonds is 5. The van der Waals surface area contributed by atoms with Crippen LogP contribution in [0.15, 0.2) is 73.7 Å². The van der Waals surface area contributed by atoms with Crippen molar-refractivity contribution < 1.29 is 13.9 Å². The average molecular weight is 413 g/mol. The highest BCUT2D eigenvalue weighted by Gasteiger charge is 2.15. The van der Waals surface area contributed by atoms with E-state index in [2.05, 4.69) is 31.8 Å². The number of hydrogen-bond donors (Lipinski definition) is 3. The maximum atomic E-state index is 13.5. The Morgan fingerprint density at radius 1 is 1.13 bits per heavy atom. The maximum Gasteiger partial charge on any atom is 0.247 e. The van der Waals surface area contributed by atoms with Gasteiger partial charge in [-0.2, -0.15) is 0 Å². The standard InChI is InChI=1S/C23H16FN5O2/c1-2-20(30)28-14-4-3-5-15(9-14)31-21-12-27-23-22(29-21)18(11-26-23)17-10-25-19-8-13(24)6-7-16(17)19/h2-12,25H,1H2,(H,26,27)(H,28,30). The van der Waals surface area contributed by atoms with Crippen molar-refractivity contribution in [3.63, 3.8) is 0 Å². The summed E-state index contributed by atoms with van der Waals surface area (Å²) in [5.74, 6) is 0.178. The van der Waals surface area contributed by atoms with Crippen LogP contribution in [0.5, 0.6) is 11.6 Å². The second-order valence-corrected chi connectivity index (χ2v) is 6.82. The number of benzene rings is 2. The van der Waals surface area contributed by atoms with E-state index in [-0.39, 0.29) is 11.7 Å². The summed E-state index contributed by atoms with van der Waals surface area (Å²) in [7, 11) is 0. The number of carbonyl (C=O) groups excluding carboxylic acids is 1. The largest absolute Gasteiger partial charge is 0.437 e. The number of nitrogens with one attached hydrogen (secondary N) is 3. The molecule has 0 aliphatic carbocycles. The highest BCUT2D eigenvalue weighted by Crippen LogP contribution is 2.34. The summed E-state index contributed by atoms with van der Waals surface area (Å²) in [4.78, 5) is 26.7. The maximum absolute atomic E-state index is 13.5. The van der Waals surface area contributed by atoms with Crippen LogP contribution in [0.4, 0.5) is 10.1 Å². The third-order valence-corrected chi connectivity index (χ3v) is 4.80. The lowest BCUT2D eigenvalue weighted by molar-refractivity contribution is -0.111. The van der Waals surface area contributed by atoms with E-state index in [0.717, 1.165) is 16.5 Å². The van der Waals surface area contributed by atoms with Crippen LogP contribution in [0, 0.1) is 5.82 Å². The first-order valence-electron chi connectivity index (χ1n) is 9.43. The summed E-state index contributed by atoms with van der Waals surface area (Å²) in [6.45, 7) is 3.44. The lowest BCUT2D eigenvalue weighted by atomic mass is 10.1. The zero-order valence-corrected chi connectivity index (χ0v) is 16.1. The molecule has 0 aliphatic rings. The molecule has 0 bridgehead atoms. The summed E-state index contributed by atoms with van der Waals surface area (Å²) in [5.41, 5.74) is 4.19. The molecule has 31 heavy (non-hydrogen) atoms. The molecule has 2 aromatic carbocycles. The van der Waals surface area contributed by atoms with Crippen molar-refractivity contribution in [2.75, 3.05) is 5.32 Å². The molecule has 0 radical (unpaired) electrons. The average Bonchev–Trinajstić information content (AvgIpc) is 3.37.